The van der Waals surface area contributed by atoms with Gasteiger partial charge in [-0.25, -0.2) is 0 Å². The quantitative estimate of drug-likeness (QED) is 0.197. The summed E-state index contributed by atoms with van der Waals surface area (Å²) in [5.74, 6) is 0. The van der Waals surface area contributed by atoms with Crippen LogP contribution < -0.4 is 0 Å². The van der Waals surface area contributed by atoms with Gasteiger partial charge >= 0.3 is 0 Å². The highest BCUT2D eigenvalue weighted by atomic mass is 16.3. The van der Waals surface area contributed by atoms with Crippen LogP contribution >= 0.6 is 0 Å². The molecule has 0 aliphatic heterocycles. The van der Waals surface area contributed by atoms with Crippen LogP contribution in [0.3, 0.4) is 0 Å². The monoisotopic (exact) mass is 600 g/mol. The standard InChI is InChI=1S/C44H28N2O/c1-3-12-32(13-4-1)45-38-19-9-7-16-35(38)42-34(18-11-21-40(42)45)30-24-22-29(23-25-30)31-26-27-37-41(28-31)47-44-36-17-8-10-20-39(36)46(43(37)44)33-14-5-2-6-15-33/h1-28H. The van der Waals surface area contributed by atoms with Gasteiger partial charge in [-0.2, -0.15) is 0 Å². The lowest BCUT2D eigenvalue weighted by Gasteiger charge is -2.09. The van der Waals surface area contributed by atoms with Crippen LogP contribution in [0.1, 0.15) is 0 Å². The zero-order valence-electron chi connectivity index (χ0n) is 25.5. The molecule has 0 aliphatic carbocycles. The highest BCUT2D eigenvalue weighted by Gasteiger charge is 2.20. The average molecular weight is 601 g/mol. The lowest BCUT2D eigenvalue weighted by atomic mass is 9.96. The maximum absolute atomic E-state index is 6.63. The van der Waals surface area contributed by atoms with E-state index >= 15 is 0 Å². The van der Waals surface area contributed by atoms with E-state index in [-0.39, 0.29) is 0 Å². The molecule has 0 saturated carbocycles. The molecule has 220 valence electrons. The molecule has 0 N–H and O–H groups in total. The van der Waals surface area contributed by atoms with Crippen molar-refractivity contribution in [2.75, 3.05) is 0 Å². The molecule has 3 nitrogen and oxygen atoms in total. The Morgan fingerprint density at radius 2 is 0.957 bits per heavy atom. The minimum Gasteiger partial charge on any atom is -0.454 e. The molecule has 0 aliphatic rings. The number of nitrogens with zero attached hydrogens (tertiary/aromatic N) is 2. The van der Waals surface area contributed by atoms with E-state index in [2.05, 4.69) is 179 Å². The third-order valence-corrected chi connectivity index (χ3v) is 9.53. The Bertz CT molecular complexity index is 2760. The second kappa shape index (κ2) is 10.1. The predicted molar refractivity (Wildman–Crippen MR) is 196 cm³/mol. The third-order valence-electron chi connectivity index (χ3n) is 9.53. The van der Waals surface area contributed by atoms with Gasteiger partial charge in [0.05, 0.1) is 16.6 Å². The van der Waals surface area contributed by atoms with E-state index in [4.69, 9.17) is 4.42 Å². The van der Waals surface area contributed by atoms with Gasteiger partial charge in [0, 0.05) is 32.9 Å². The molecule has 10 rings (SSSR count). The normalized spacial score (nSPS) is 11.8. The second-order valence-electron chi connectivity index (χ2n) is 12.1. The summed E-state index contributed by atoms with van der Waals surface area (Å²) in [6, 6.07) is 60.6. The van der Waals surface area contributed by atoms with Crippen molar-refractivity contribution in [2.24, 2.45) is 0 Å². The van der Waals surface area contributed by atoms with Gasteiger partial charge in [0.15, 0.2) is 5.58 Å². The molecule has 0 radical (unpaired) electrons. The summed E-state index contributed by atoms with van der Waals surface area (Å²) >= 11 is 0. The molecular formula is C44H28N2O. The van der Waals surface area contributed by atoms with Gasteiger partial charge in [0.1, 0.15) is 11.1 Å². The molecule has 3 aromatic heterocycles. The van der Waals surface area contributed by atoms with Gasteiger partial charge in [-0.15, -0.1) is 0 Å². The molecular weight excluding hydrogens is 572 g/mol. The van der Waals surface area contributed by atoms with Crippen molar-refractivity contribution < 1.29 is 4.42 Å². The summed E-state index contributed by atoms with van der Waals surface area (Å²) in [5, 5.41) is 4.76. The second-order valence-corrected chi connectivity index (χ2v) is 12.1. The first-order valence-corrected chi connectivity index (χ1v) is 16.0. The maximum atomic E-state index is 6.63. The Morgan fingerprint density at radius 1 is 0.383 bits per heavy atom. The molecule has 0 unspecified atom stereocenters. The summed E-state index contributed by atoms with van der Waals surface area (Å²) < 4.78 is 11.3. The van der Waals surface area contributed by atoms with Crippen LogP contribution in [0.5, 0.6) is 0 Å². The SMILES string of the molecule is c1ccc(-n2c3ccccc3c3c(-c4ccc(-c5ccc6c(c5)oc5c7ccccc7n(-c7ccccc7)c65)cc4)cccc32)cc1. The zero-order chi connectivity index (χ0) is 30.9. The van der Waals surface area contributed by atoms with E-state index in [1.54, 1.807) is 0 Å². The predicted octanol–water partition coefficient (Wildman–Crippen LogP) is 12.0. The van der Waals surface area contributed by atoms with Crippen molar-refractivity contribution >= 4 is 54.8 Å². The van der Waals surface area contributed by atoms with Crippen LogP contribution in [0.15, 0.2) is 174 Å². The van der Waals surface area contributed by atoms with Crippen molar-refractivity contribution in [3.63, 3.8) is 0 Å². The number of fused-ring (bicyclic) bond motifs is 8. The Hall–Kier alpha value is -6.32. The van der Waals surface area contributed by atoms with Crippen LogP contribution in [0.2, 0.25) is 0 Å². The van der Waals surface area contributed by atoms with E-state index in [1.165, 1.54) is 38.6 Å². The van der Waals surface area contributed by atoms with Crippen molar-refractivity contribution in [3.05, 3.63) is 170 Å². The summed E-state index contributed by atoms with van der Waals surface area (Å²) in [7, 11) is 0. The molecule has 0 saturated heterocycles. The molecule has 0 amide bonds. The largest absolute Gasteiger partial charge is 0.454 e. The van der Waals surface area contributed by atoms with E-state index in [9.17, 15) is 0 Å². The number of furan rings is 1. The Labute approximate surface area is 271 Å². The van der Waals surface area contributed by atoms with E-state index in [0.29, 0.717) is 0 Å². The molecule has 0 fully saturated rings. The third kappa shape index (κ3) is 3.87. The molecule has 0 atom stereocenters. The molecule has 10 aromatic rings. The fourth-order valence-electron chi connectivity index (χ4n) is 7.45. The fourth-order valence-corrected chi connectivity index (χ4v) is 7.45. The number of benzene rings is 7. The van der Waals surface area contributed by atoms with Crippen LogP contribution in [0, 0.1) is 0 Å². The van der Waals surface area contributed by atoms with Crippen molar-refractivity contribution in [2.45, 2.75) is 0 Å². The molecule has 3 heteroatoms. The number of rotatable bonds is 4. The first-order valence-electron chi connectivity index (χ1n) is 16.0. The summed E-state index contributed by atoms with van der Waals surface area (Å²) in [4.78, 5) is 0. The van der Waals surface area contributed by atoms with Gasteiger partial charge in [-0.1, -0.05) is 109 Å². The number of hydrogen-bond acceptors (Lipinski definition) is 1. The van der Waals surface area contributed by atoms with Crippen molar-refractivity contribution in [1.82, 2.24) is 9.13 Å². The highest BCUT2D eigenvalue weighted by Crippen LogP contribution is 2.41. The maximum Gasteiger partial charge on any atom is 0.161 e. The Morgan fingerprint density at radius 3 is 1.70 bits per heavy atom. The molecule has 0 bridgehead atoms. The Balaban J connectivity index is 1.09. The molecule has 0 spiro atoms. The summed E-state index contributed by atoms with van der Waals surface area (Å²) in [5.41, 5.74) is 13.5. The van der Waals surface area contributed by atoms with E-state index < -0.39 is 0 Å². The van der Waals surface area contributed by atoms with Gasteiger partial charge in [0.25, 0.3) is 0 Å². The number of hydrogen-bond donors (Lipinski definition) is 0. The fraction of sp³-hybridized carbons (Fsp3) is 0. The smallest absolute Gasteiger partial charge is 0.161 e. The molecule has 7 aromatic carbocycles. The average Bonchev–Trinajstić information content (AvgIpc) is 3.79. The van der Waals surface area contributed by atoms with Crippen molar-refractivity contribution in [1.29, 1.82) is 0 Å². The zero-order valence-corrected chi connectivity index (χ0v) is 25.5. The van der Waals surface area contributed by atoms with Gasteiger partial charge < -0.3 is 13.6 Å². The molecule has 3 heterocycles. The minimum absolute atomic E-state index is 0.894. The lowest BCUT2D eigenvalue weighted by Crippen LogP contribution is -1.93. The first-order chi connectivity index (χ1) is 23.3. The first kappa shape index (κ1) is 26.0. The van der Waals surface area contributed by atoms with Crippen LogP contribution in [-0.2, 0) is 0 Å². The van der Waals surface area contributed by atoms with Crippen molar-refractivity contribution in [3.8, 4) is 33.6 Å². The number of aromatic nitrogens is 2. The van der Waals surface area contributed by atoms with Crippen LogP contribution in [0.25, 0.3) is 88.4 Å². The van der Waals surface area contributed by atoms with Gasteiger partial charge in [-0.3, -0.25) is 0 Å². The van der Waals surface area contributed by atoms with Crippen LogP contribution in [-0.4, -0.2) is 9.13 Å². The van der Waals surface area contributed by atoms with E-state index in [1.807, 2.05) is 0 Å². The van der Waals surface area contributed by atoms with E-state index in [0.717, 1.165) is 49.8 Å². The topological polar surface area (TPSA) is 23.0 Å². The Kier molecular flexibility index (Phi) is 5.57. The summed E-state index contributed by atoms with van der Waals surface area (Å²) in [6.45, 7) is 0. The number of para-hydroxylation sites is 4. The lowest BCUT2D eigenvalue weighted by molar-refractivity contribution is 0.673. The molecule has 47 heavy (non-hydrogen) atoms. The minimum atomic E-state index is 0.894. The van der Waals surface area contributed by atoms with Gasteiger partial charge in [0.2, 0.25) is 0 Å². The highest BCUT2D eigenvalue weighted by molar-refractivity contribution is 6.17. The summed E-state index contributed by atoms with van der Waals surface area (Å²) in [6.07, 6.45) is 0. The van der Waals surface area contributed by atoms with Crippen LogP contribution in [0.4, 0.5) is 0 Å². The van der Waals surface area contributed by atoms with Gasteiger partial charge in [-0.05, 0) is 82.9 Å².